The van der Waals surface area contributed by atoms with E-state index in [1.54, 1.807) is 4.90 Å². The first-order valence-electron chi connectivity index (χ1n) is 9.56. The van der Waals surface area contributed by atoms with E-state index >= 15 is 0 Å². The summed E-state index contributed by atoms with van der Waals surface area (Å²) in [5.41, 5.74) is 1.97. The second-order valence-corrected chi connectivity index (χ2v) is 7.60. The molecule has 1 spiro atoms. The van der Waals surface area contributed by atoms with Gasteiger partial charge in [-0.1, -0.05) is 55.3 Å². The average molecular weight is 363 g/mol. The molecule has 5 heteroatoms. The van der Waals surface area contributed by atoms with Crippen LogP contribution in [0.4, 0.5) is 11.4 Å². The van der Waals surface area contributed by atoms with E-state index in [1.807, 2.05) is 54.4 Å². The van der Waals surface area contributed by atoms with Crippen molar-refractivity contribution in [1.29, 1.82) is 0 Å². The van der Waals surface area contributed by atoms with E-state index < -0.39 is 5.54 Å². The third-order valence-electron chi connectivity index (χ3n) is 5.62. The van der Waals surface area contributed by atoms with Gasteiger partial charge in [0.05, 0.1) is 17.9 Å². The van der Waals surface area contributed by atoms with Gasteiger partial charge in [0.25, 0.3) is 5.91 Å². The maximum atomic E-state index is 13.4. The Morgan fingerprint density at radius 2 is 1.74 bits per heavy atom. The van der Waals surface area contributed by atoms with E-state index in [9.17, 15) is 9.59 Å². The van der Waals surface area contributed by atoms with Gasteiger partial charge in [-0.05, 0) is 37.6 Å². The number of rotatable bonds is 4. The number of likely N-dealkylation sites (N-methyl/N-ethyl adjacent to an activating group) is 1. The summed E-state index contributed by atoms with van der Waals surface area (Å²) in [5.74, 6) is -0.0598. The molecule has 1 saturated carbocycles. The summed E-state index contributed by atoms with van der Waals surface area (Å²) in [4.78, 5) is 30.1. The zero-order valence-corrected chi connectivity index (χ0v) is 15.6. The van der Waals surface area contributed by atoms with Crippen LogP contribution in [0.1, 0.15) is 31.2 Å². The van der Waals surface area contributed by atoms with Gasteiger partial charge in [0.2, 0.25) is 5.91 Å². The quantitative estimate of drug-likeness (QED) is 0.906. The SMILES string of the molecule is CN(CC(=O)N1c2ccccc2NC(=O)C12CCCC2)Cc1ccccc1. The average Bonchev–Trinajstić information content (AvgIpc) is 3.14. The first-order valence-corrected chi connectivity index (χ1v) is 9.56. The summed E-state index contributed by atoms with van der Waals surface area (Å²) >= 11 is 0. The number of carbonyl (C=O) groups is 2. The van der Waals surface area contributed by atoms with Crippen molar-refractivity contribution in [3.63, 3.8) is 0 Å². The predicted octanol–water partition coefficient (Wildman–Crippen LogP) is 3.42. The molecule has 2 aliphatic rings. The Labute approximate surface area is 160 Å². The van der Waals surface area contributed by atoms with Crippen molar-refractivity contribution in [2.24, 2.45) is 0 Å². The lowest BCUT2D eigenvalue weighted by Crippen LogP contribution is -2.62. The van der Waals surface area contributed by atoms with Crippen LogP contribution in [0.15, 0.2) is 54.6 Å². The smallest absolute Gasteiger partial charge is 0.250 e. The zero-order valence-electron chi connectivity index (χ0n) is 15.6. The standard InChI is InChI=1S/C22H25N3O2/c1-24(15-17-9-3-2-4-10-17)16-20(26)25-19-12-6-5-11-18(19)23-21(27)22(25)13-7-8-14-22/h2-6,9-12H,7-8,13-16H2,1H3,(H,23,27). The fourth-order valence-corrected chi connectivity index (χ4v) is 4.38. The molecule has 5 nitrogen and oxygen atoms in total. The number of fused-ring (bicyclic) bond motifs is 1. The number of nitrogens with zero attached hydrogens (tertiary/aromatic N) is 2. The van der Waals surface area contributed by atoms with Crippen molar-refractivity contribution < 1.29 is 9.59 Å². The lowest BCUT2D eigenvalue weighted by molar-refractivity contribution is -0.127. The third-order valence-corrected chi connectivity index (χ3v) is 5.62. The van der Waals surface area contributed by atoms with E-state index in [-0.39, 0.29) is 18.4 Å². The monoisotopic (exact) mass is 363 g/mol. The Balaban J connectivity index is 1.61. The molecule has 1 fully saturated rings. The number of benzene rings is 2. The molecule has 0 saturated heterocycles. The van der Waals surface area contributed by atoms with Crippen LogP contribution < -0.4 is 10.2 Å². The molecule has 0 atom stereocenters. The van der Waals surface area contributed by atoms with Gasteiger partial charge in [0.1, 0.15) is 5.54 Å². The molecule has 0 aromatic heterocycles. The first kappa shape index (κ1) is 17.7. The Morgan fingerprint density at radius 1 is 1.07 bits per heavy atom. The molecule has 2 aromatic rings. The summed E-state index contributed by atoms with van der Waals surface area (Å²) in [6, 6.07) is 17.7. The van der Waals surface area contributed by atoms with Crippen molar-refractivity contribution >= 4 is 23.2 Å². The molecule has 2 amide bonds. The van der Waals surface area contributed by atoms with Crippen molar-refractivity contribution in [3.05, 3.63) is 60.2 Å². The fourth-order valence-electron chi connectivity index (χ4n) is 4.38. The highest BCUT2D eigenvalue weighted by molar-refractivity contribution is 6.15. The number of hydrogen-bond acceptors (Lipinski definition) is 3. The minimum absolute atomic E-state index is 0.0161. The molecule has 1 aliphatic heterocycles. The van der Waals surface area contributed by atoms with Gasteiger partial charge in [-0.3, -0.25) is 19.4 Å². The predicted molar refractivity (Wildman–Crippen MR) is 107 cm³/mol. The molecule has 0 bridgehead atoms. The highest BCUT2D eigenvalue weighted by atomic mass is 16.2. The van der Waals surface area contributed by atoms with Crippen LogP contribution in [0.3, 0.4) is 0 Å². The first-order chi connectivity index (χ1) is 13.1. The lowest BCUT2D eigenvalue weighted by atomic mass is 9.89. The van der Waals surface area contributed by atoms with E-state index in [2.05, 4.69) is 17.4 Å². The molecule has 2 aromatic carbocycles. The molecule has 1 heterocycles. The van der Waals surface area contributed by atoms with Crippen molar-refractivity contribution in [2.45, 2.75) is 37.8 Å². The van der Waals surface area contributed by atoms with Crippen molar-refractivity contribution in [3.8, 4) is 0 Å². The molecule has 0 radical (unpaired) electrons. The van der Waals surface area contributed by atoms with Gasteiger partial charge < -0.3 is 5.32 Å². The topological polar surface area (TPSA) is 52.7 Å². The normalized spacial score (nSPS) is 17.9. The van der Waals surface area contributed by atoms with Crippen LogP contribution in [0.2, 0.25) is 0 Å². The van der Waals surface area contributed by atoms with E-state index in [0.29, 0.717) is 6.54 Å². The molecule has 4 rings (SSSR count). The Bertz CT molecular complexity index is 844. The highest BCUT2D eigenvalue weighted by Crippen LogP contribution is 2.45. The maximum absolute atomic E-state index is 13.4. The van der Waals surface area contributed by atoms with Crippen molar-refractivity contribution in [1.82, 2.24) is 4.90 Å². The summed E-state index contributed by atoms with van der Waals surface area (Å²) < 4.78 is 0. The highest BCUT2D eigenvalue weighted by Gasteiger charge is 2.52. The second-order valence-electron chi connectivity index (χ2n) is 7.60. The van der Waals surface area contributed by atoms with Gasteiger partial charge in [-0.2, -0.15) is 0 Å². The second kappa shape index (κ2) is 7.16. The van der Waals surface area contributed by atoms with Crippen LogP contribution in [0, 0.1) is 0 Å². The minimum atomic E-state index is -0.737. The van der Waals surface area contributed by atoms with E-state index in [1.165, 1.54) is 5.56 Å². The molecule has 140 valence electrons. The number of anilines is 2. The number of nitrogens with one attached hydrogen (secondary N) is 1. The zero-order chi connectivity index (χ0) is 18.9. The Kier molecular flexibility index (Phi) is 4.70. The molecule has 27 heavy (non-hydrogen) atoms. The molecular weight excluding hydrogens is 338 g/mol. The van der Waals surface area contributed by atoms with Crippen LogP contribution >= 0.6 is 0 Å². The van der Waals surface area contributed by atoms with E-state index in [0.717, 1.165) is 37.1 Å². The summed E-state index contributed by atoms with van der Waals surface area (Å²) in [6.07, 6.45) is 3.39. The number of hydrogen-bond donors (Lipinski definition) is 1. The van der Waals surface area contributed by atoms with Crippen LogP contribution in [-0.4, -0.2) is 35.8 Å². The van der Waals surface area contributed by atoms with Gasteiger partial charge in [-0.25, -0.2) is 0 Å². The van der Waals surface area contributed by atoms with Gasteiger partial charge in [0.15, 0.2) is 0 Å². The van der Waals surface area contributed by atoms with Crippen LogP contribution in [0.5, 0.6) is 0 Å². The molecule has 1 aliphatic carbocycles. The van der Waals surface area contributed by atoms with Crippen LogP contribution in [-0.2, 0) is 16.1 Å². The number of amides is 2. The van der Waals surface area contributed by atoms with Gasteiger partial charge >= 0.3 is 0 Å². The van der Waals surface area contributed by atoms with E-state index in [4.69, 9.17) is 0 Å². The van der Waals surface area contributed by atoms with Gasteiger partial charge in [0, 0.05) is 6.54 Å². The Hall–Kier alpha value is -2.66. The maximum Gasteiger partial charge on any atom is 0.250 e. The summed E-state index contributed by atoms with van der Waals surface area (Å²) in [5, 5.41) is 3.02. The lowest BCUT2D eigenvalue weighted by Gasteiger charge is -2.44. The number of carbonyl (C=O) groups excluding carboxylic acids is 2. The minimum Gasteiger partial charge on any atom is -0.322 e. The largest absolute Gasteiger partial charge is 0.322 e. The molecular formula is C22H25N3O2. The number of para-hydroxylation sites is 2. The molecule has 1 N–H and O–H groups in total. The van der Waals surface area contributed by atoms with Gasteiger partial charge in [-0.15, -0.1) is 0 Å². The molecule has 0 unspecified atom stereocenters. The Morgan fingerprint density at radius 3 is 2.48 bits per heavy atom. The fraction of sp³-hybridized carbons (Fsp3) is 0.364. The van der Waals surface area contributed by atoms with Crippen molar-refractivity contribution in [2.75, 3.05) is 23.8 Å². The summed E-state index contributed by atoms with van der Waals surface area (Å²) in [7, 11) is 1.95. The third kappa shape index (κ3) is 3.23. The van der Waals surface area contributed by atoms with Crippen LogP contribution in [0.25, 0.3) is 0 Å². The summed E-state index contributed by atoms with van der Waals surface area (Å²) in [6.45, 7) is 0.972.